The Morgan fingerprint density at radius 1 is 1.37 bits per heavy atom. The first-order valence-electron chi connectivity index (χ1n) is 7.26. The molecule has 0 bridgehead atoms. The molecule has 4 heteroatoms. The molecule has 2 unspecified atom stereocenters. The van der Waals surface area contributed by atoms with Crippen molar-refractivity contribution in [3.05, 3.63) is 29.8 Å². The minimum atomic E-state index is 0.384. The van der Waals surface area contributed by atoms with Crippen molar-refractivity contribution >= 4 is 13.3 Å². The summed E-state index contributed by atoms with van der Waals surface area (Å²) < 4.78 is 5.09. The van der Waals surface area contributed by atoms with Gasteiger partial charge in [-0.2, -0.15) is 0 Å². The molecule has 2 N–H and O–H groups in total. The maximum atomic E-state index is 5.09. The van der Waals surface area contributed by atoms with Crippen molar-refractivity contribution in [3.63, 3.8) is 0 Å². The van der Waals surface area contributed by atoms with E-state index in [9.17, 15) is 0 Å². The van der Waals surface area contributed by atoms with Gasteiger partial charge in [-0.3, -0.25) is 0 Å². The van der Waals surface area contributed by atoms with Crippen molar-refractivity contribution in [2.45, 2.75) is 38.1 Å². The highest BCUT2D eigenvalue weighted by Crippen LogP contribution is 2.46. The second kappa shape index (κ2) is 5.55. The molecule has 1 saturated carbocycles. The number of anilines is 1. The summed E-state index contributed by atoms with van der Waals surface area (Å²) >= 11 is 0. The van der Waals surface area contributed by atoms with Crippen molar-refractivity contribution in [2.24, 2.45) is 5.41 Å². The van der Waals surface area contributed by atoms with Gasteiger partial charge in [-0.15, -0.1) is 0 Å². The zero-order valence-corrected chi connectivity index (χ0v) is 11.6. The topological polar surface area (TPSA) is 33.3 Å². The highest BCUT2D eigenvalue weighted by Gasteiger charge is 2.43. The number of hydrogen-bond acceptors (Lipinski definition) is 3. The first kappa shape index (κ1) is 13.0. The van der Waals surface area contributed by atoms with Gasteiger partial charge in [0, 0.05) is 25.4 Å². The Morgan fingerprint density at radius 3 is 3.16 bits per heavy atom. The van der Waals surface area contributed by atoms with Crippen LogP contribution in [0, 0.1) is 5.41 Å². The molecule has 1 aromatic carbocycles. The predicted molar refractivity (Wildman–Crippen MR) is 79.2 cm³/mol. The molecule has 1 radical (unpaired) electrons. The van der Waals surface area contributed by atoms with Gasteiger partial charge in [0.05, 0.1) is 0 Å². The third-order valence-corrected chi connectivity index (χ3v) is 4.79. The van der Waals surface area contributed by atoms with Crippen LogP contribution in [0.3, 0.4) is 0 Å². The average Bonchev–Trinajstić information content (AvgIpc) is 2.70. The van der Waals surface area contributed by atoms with Crippen LogP contribution in [0.2, 0.25) is 0 Å². The third-order valence-electron chi connectivity index (χ3n) is 4.79. The van der Waals surface area contributed by atoms with E-state index in [1.165, 1.54) is 43.4 Å². The molecule has 101 valence electrons. The lowest BCUT2D eigenvalue weighted by Crippen LogP contribution is -2.45. The Labute approximate surface area is 116 Å². The fraction of sp³-hybridized carbons (Fsp3) is 0.600. The minimum Gasteiger partial charge on any atom is -0.427 e. The van der Waals surface area contributed by atoms with E-state index in [1.807, 2.05) is 0 Å². The lowest BCUT2D eigenvalue weighted by molar-refractivity contribution is 0.227. The van der Waals surface area contributed by atoms with Crippen LogP contribution in [0.5, 0.6) is 0 Å². The predicted octanol–water partition coefficient (Wildman–Crippen LogP) is 2.35. The van der Waals surface area contributed by atoms with Crippen LogP contribution >= 0.6 is 0 Å². The van der Waals surface area contributed by atoms with Crippen LogP contribution < -0.4 is 10.5 Å². The molecule has 0 aromatic heterocycles. The smallest absolute Gasteiger partial charge is 0.395 e. The summed E-state index contributed by atoms with van der Waals surface area (Å²) in [6.45, 7) is 1.07. The molecule has 1 heterocycles. The Hall–Kier alpha value is -0.995. The highest BCUT2D eigenvalue weighted by atomic mass is 16.4. The van der Waals surface area contributed by atoms with E-state index in [1.54, 1.807) is 14.7 Å². The quantitative estimate of drug-likeness (QED) is 0.815. The van der Waals surface area contributed by atoms with Gasteiger partial charge in [-0.05, 0) is 42.7 Å². The number of para-hydroxylation sites is 1. The molecular formula is C15H22BN2O. The summed E-state index contributed by atoms with van der Waals surface area (Å²) in [6.07, 6.45) is 6.29. The van der Waals surface area contributed by atoms with Crippen LogP contribution in [0.25, 0.3) is 0 Å². The standard InChI is InChI=1S/C15H22BN2O/c1-19-16-18-14-7-4-8-15(14)9-10-17-13-6-3-2-5-12(13)11-15/h2-3,5-6,14,17-18H,4,7-11H2,1H3. The zero-order chi connectivity index (χ0) is 13.1. The molecular weight excluding hydrogens is 235 g/mol. The fourth-order valence-electron chi connectivity index (χ4n) is 3.82. The summed E-state index contributed by atoms with van der Waals surface area (Å²) in [4.78, 5) is 0. The molecule has 1 aliphatic heterocycles. The molecule has 2 atom stereocenters. The summed E-state index contributed by atoms with van der Waals surface area (Å²) in [6, 6.07) is 9.28. The molecule has 1 spiro atoms. The first-order chi connectivity index (χ1) is 9.34. The summed E-state index contributed by atoms with van der Waals surface area (Å²) in [5, 5.41) is 7.06. The Balaban J connectivity index is 1.83. The second-order valence-electron chi connectivity index (χ2n) is 5.84. The van der Waals surface area contributed by atoms with E-state index in [2.05, 4.69) is 34.8 Å². The van der Waals surface area contributed by atoms with E-state index in [4.69, 9.17) is 4.65 Å². The van der Waals surface area contributed by atoms with Gasteiger partial charge >= 0.3 is 7.62 Å². The van der Waals surface area contributed by atoms with Crippen molar-refractivity contribution < 1.29 is 4.65 Å². The molecule has 0 saturated heterocycles. The van der Waals surface area contributed by atoms with Crippen LogP contribution in [0.1, 0.15) is 31.2 Å². The molecule has 1 aromatic rings. The zero-order valence-electron chi connectivity index (χ0n) is 11.6. The molecule has 1 aliphatic carbocycles. The van der Waals surface area contributed by atoms with Crippen molar-refractivity contribution in [2.75, 3.05) is 19.0 Å². The van der Waals surface area contributed by atoms with E-state index >= 15 is 0 Å². The highest BCUT2D eigenvalue weighted by molar-refractivity contribution is 6.23. The minimum absolute atomic E-state index is 0.384. The van der Waals surface area contributed by atoms with Crippen molar-refractivity contribution in [1.82, 2.24) is 5.23 Å². The molecule has 1 fully saturated rings. The van der Waals surface area contributed by atoms with Crippen LogP contribution in [0.15, 0.2) is 24.3 Å². The number of fused-ring (bicyclic) bond motifs is 1. The molecule has 3 rings (SSSR count). The van der Waals surface area contributed by atoms with Gasteiger partial charge < -0.3 is 15.2 Å². The average molecular weight is 257 g/mol. The second-order valence-corrected chi connectivity index (χ2v) is 5.84. The van der Waals surface area contributed by atoms with Gasteiger partial charge in [-0.1, -0.05) is 24.6 Å². The van der Waals surface area contributed by atoms with Gasteiger partial charge in [-0.25, -0.2) is 0 Å². The van der Waals surface area contributed by atoms with Crippen molar-refractivity contribution in [3.8, 4) is 0 Å². The summed E-state index contributed by atoms with van der Waals surface area (Å²) in [5.74, 6) is 0. The Bertz CT molecular complexity index is 440. The lowest BCUT2D eigenvalue weighted by atomic mass is 9.74. The van der Waals surface area contributed by atoms with Gasteiger partial charge in [0.1, 0.15) is 0 Å². The maximum absolute atomic E-state index is 5.09. The van der Waals surface area contributed by atoms with Gasteiger partial charge in [0.25, 0.3) is 0 Å². The number of nitrogens with one attached hydrogen (secondary N) is 2. The molecule has 3 nitrogen and oxygen atoms in total. The first-order valence-corrected chi connectivity index (χ1v) is 7.26. The van der Waals surface area contributed by atoms with Crippen LogP contribution in [-0.4, -0.2) is 27.3 Å². The maximum Gasteiger partial charge on any atom is 0.395 e. The summed E-state index contributed by atoms with van der Waals surface area (Å²) in [7, 11) is 3.46. The SMILES string of the molecule is CO[B]NC1CCCC12CCNc1ccccc1C2. The van der Waals surface area contributed by atoms with Gasteiger partial charge in [0.2, 0.25) is 0 Å². The van der Waals surface area contributed by atoms with E-state index < -0.39 is 0 Å². The lowest BCUT2D eigenvalue weighted by Gasteiger charge is -2.35. The molecule has 19 heavy (non-hydrogen) atoms. The largest absolute Gasteiger partial charge is 0.427 e. The summed E-state index contributed by atoms with van der Waals surface area (Å²) in [5.41, 5.74) is 3.17. The molecule has 2 aliphatic rings. The van der Waals surface area contributed by atoms with Crippen LogP contribution in [-0.2, 0) is 11.1 Å². The fourth-order valence-corrected chi connectivity index (χ4v) is 3.82. The number of benzene rings is 1. The number of hydrogen-bond donors (Lipinski definition) is 2. The Kier molecular flexibility index (Phi) is 3.80. The third kappa shape index (κ3) is 2.52. The van der Waals surface area contributed by atoms with Crippen molar-refractivity contribution in [1.29, 1.82) is 0 Å². The monoisotopic (exact) mass is 257 g/mol. The van der Waals surface area contributed by atoms with E-state index in [0.29, 0.717) is 11.5 Å². The Morgan fingerprint density at radius 2 is 2.26 bits per heavy atom. The van der Waals surface area contributed by atoms with Gasteiger partial charge in [0.15, 0.2) is 0 Å². The number of rotatable bonds is 3. The van der Waals surface area contributed by atoms with E-state index in [-0.39, 0.29) is 0 Å². The van der Waals surface area contributed by atoms with E-state index in [0.717, 1.165) is 6.54 Å². The van der Waals surface area contributed by atoms with Crippen LogP contribution in [0.4, 0.5) is 5.69 Å². The normalized spacial score (nSPS) is 29.6. The molecule has 0 amide bonds.